The van der Waals surface area contributed by atoms with Crippen LogP contribution < -0.4 is 18.9 Å². The predicted octanol–water partition coefficient (Wildman–Crippen LogP) is 2.19. The summed E-state index contributed by atoms with van der Waals surface area (Å²) in [7, 11) is 4.63. The van der Waals surface area contributed by atoms with Crippen LogP contribution in [0.5, 0.6) is 23.3 Å². The molecule has 27 heavy (non-hydrogen) atoms. The van der Waals surface area contributed by atoms with E-state index in [1.54, 1.807) is 49.7 Å². The van der Waals surface area contributed by atoms with Crippen molar-refractivity contribution >= 4 is 5.91 Å². The summed E-state index contributed by atoms with van der Waals surface area (Å²) >= 11 is 0. The number of likely N-dealkylation sites (tertiary alicyclic amines) is 1. The molecule has 1 unspecified atom stereocenters. The lowest BCUT2D eigenvalue weighted by atomic mass is 10.1. The van der Waals surface area contributed by atoms with Crippen molar-refractivity contribution in [1.29, 1.82) is 0 Å². The maximum absolute atomic E-state index is 13.0. The van der Waals surface area contributed by atoms with Crippen LogP contribution in [-0.4, -0.2) is 61.3 Å². The molecule has 1 saturated heterocycles. The Hall–Kier alpha value is -3.03. The monoisotopic (exact) mass is 373 g/mol. The first kappa shape index (κ1) is 18.8. The Morgan fingerprint density at radius 1 is 1.00 bits per heavy atom. The molecule has 1 amide bonds. The van der Waals surface area contributed by atoms with Crippen LogP contribution in [0.3, 0.4) is 0 Å². The highest BCUT2D eigenvalue weighted by Gasteiger charge is 2.27. The third-order valence-electron chi connectivity index (χ3n) is 4.37. The Labute approximate surface area is 158 Å². The van der Waals surface area contributed by atoms with Crippen molar-refractivity contribution < 1.29 is 23.7 Å². The molecule has 2 heterocycles. The van der Waals surface area contributed by atoms with Gasteiger partial charge in [0.1, 0.15) is 17.6 Å². The second-order valence-electron chi connectivity index (χ2n) is 6.11. The molecule has 2 aromatic rings. The van der Waals surface area contributed by atoms with E-state index in [0.29, 0.717) is 41.9 Å². The number of ether oxygens (including phenoxy) is 4. The van der Waals surface area contributed by atoms with Crippen molar-refractivity contribution in [3.63, 3.8) is 0 Å². The fourth-order valence-electron chi connectivity index (χ4n) is 3.02. The van der Waals surface area contributed by atoms with Crippen LogP contribution >= 0.6 is 0 Å². The molecule has 1 aromatic carbocycles. The van der Waals surface area contributed by atoms with E-state index < -0.39 is 0 Å². The molecule has 8 heteroatoms. The quantitative estimate of drug-likeness (QED) is 0.767. The molecule has 1 aliphatic rings. The summed E-state index contributed by atoms with van der Waals surface area (Å²) in [5.74, 6) is 1.73. The van der Waals surface area contributed by atoms with E-state index >= 15 is 0 Å². The van der Waals surface area contributed by atoms with Crippen molar-refractivity contribution in [2.24, 2.45) is 0 Å². The lowest BCUT2D eigenvalue weighted by molar-refractivity contribution is 0.0518. The molecule has 0 aliphatic carbocycles. The molecule has 0 spiro atoms. The number of hydrogen-bond acceptors (Lipinski definition) is 7. The summed E-state index contributed by atoms with van der Waals surface area (Å²) < 4.78 is 21.6. The van der Waals surface area contributed by atoms with Crippen LogP contribution in [-0.2, 0) is 0 Å². The van der Waals surface area contributed by atoms with E-state index in [9.17, 15) is 4.79 Å². The molecular formula is C19H23N3O5. The van der Waals surface area contributed by atoms with E-state index in [4.69, 9.17) is 18.9 Å². The van der Waals surface area contributed by atoms with Gasteiger partial charge >= 0.3 is 0 Å². The van der Waals surface area contributed by atoms with Gasteiger partial charge in [0.05, 0.1) is 27.9 Å². The number of amides is 1. The van der Waals surface area contributed by atoms with Crippen molar-refractivity contribution in [3.8, 4) is 23.3 Å². The van der Waals surface area contributed by atoms with Crippen LogP contribution in [0, 0.1) is 0 Å². The van der Waals surface area contributed by atoms with Crippen molar-refractivity contribution in [3.05, 3.63) is 36.2 Å². The number of benzene rings is 1. The van der Waals surface area contributed by atoms with Gasteiger partial charge in [-0.05, 0) is 25.0 Å². The van der Waals surface area contributed by atoms with Crippen LogP contribution in [0.2, 0.25) is 0 Å². The van der Waals surface area contributed by atoms with Gasteiger partial charge in [0.2, 0.25) is 0 Å². The second-order valence-corrected chi connectivity index (χ2v) is 6.11. The molecule has 1 aromatic heterocycles. The largest absolute Gasteiger partial charge is 0.497 e. The number of carbonyl (C=O) groups excluding carboxylic acids is 1. The third kappa shape index (κ3) is 4.39. The Kier molecular flexibility index (Phi) is 5.95. The number of piperidine rings is 1. The van der Waals surface area contributed by atoms with Crippen LogP contribution in [0.1, 0.15) is 23.2 Å². The fourth-order valence-corrected chi connectivity index (χ4v) is 3.02. The molecule has 0 N–H and O–H groups in total. The van der Waals surface area contributed by atoms with Gasteiger partial charge in [-0.15, -0.1) is 0 Å². The number of nitrogens with zero attached hydrogens (tertiary/aromatic N) is 3. The lowest BCUT2D eigenvalue weighted by Crippen LogP contribution is -2.44. The maximum atomic E-state index is 13.0. The molecule has 0 bridgehead atoms. The highest BCUT2D eigenvalue weighted by Crippen LogP contribution is 2.26. The van der Waals surface area contributed by atoms with E-state index in [1.807, 2.05) is 0 Å². The zero-order valence-corrected chi connectivity index (χ0v) is 15.7. The van der Waals surface area contributed by atoms with Gasteiger partial charge < -0.3 is 23.8 Å². The van der Waals surface area contributed by atoms with Gasteiger partial charge in [-0.25, -0.2) is 9.97 Å². The Morgan fingerprint density at radius 3 is 2.30 bits per heavy atom. The summed E-state index contributed by atoms with van der Waals surface area (Å²) in [5, 5.41) is 0. The smallest absolute Gasteiger partial charge is 0.278 e. The molecule has 3 rings (SSSR count). The van der Waals surface area contributed by atoms with Gasteiger partial charge in [-0.1, -0.05) is 0 Å². The van der Waals surface area contributed by atoms with Crippen LogP contribution in [0.4, 0.5) is 0 Å². The SMILES string of the molecule is COc1cc(OC)cc(C(=O)N2CCCC(Oc3nccnc3OC)C2)c1. The Balaban J connectivity index is 1.73. The van der Waals surface area contributed by atoms with Crippen LogP contribution in [0.25, 0.3) is 0 Å². The fraction of sp³-hybridized carbons (Fsp3) is 0.421. The summed E-state index contributed by atoms with van der Waals surface area (Å²) in [6, 6.07) is 5.15. The molecule has 1 fully saturated rings. The summed E-state index contributed by atoms with van der Waals surface area (Å²) in [6.07, 6.45) is 4.57. The molecule has 0 saturated carbocycles. The molecule has 1 aliphatic heterocycles. The first-order valence-electron chi connectivity index (χ1n) is 8.68. The van der Waals surface area contributed by atoms with Crippen molar-refractivity contribution in [2.75, 3.05) is 34.4 Å². The number of rotatable bonds is 6. The maximum Gasteiger partial charge on any atom is 0.278 e. The third-order valence-corrected chi connectivity index (χ3v) is 4.37. The van der Waals surface area contributed by atoms with Gasteiger partial charge in [-0.3, -0.25) is 4.79 Å². The van der Waals surface area contributed by atoms with Crippen molar-refractivity contribution in [1.82, 2.24) is 14.9 Å². The van der Waals surface area contributed by atoms with Crippen molar-refractivity contribution in [2.45, 2.75) is 18.9 Å². The van der Waals surface area contributed by atoms with Gasteiger partial charge in [0, 0.05) is 30.6 Å². The Bertz CT molecular complexity index is 776. The lowest BCUT2D eigenvalue weighted by Gasteiger charge is -2.32. The van der Waals surface area contributed by atoms with Gasteiger partial charge in [0.25, 0.3) is 17.7 Å². The highest BCUT2D eigenvalue weighted by molar-refractivity contribution is 5.95. The van der Waals surface area contributed by atoms with E-state index in [2.05, 4.69) is 9.97 Å². The van der Waals surface area contributed by atoms with Gasteiger partial charge in [-0.2, -0.15) is 0 Å². The van der Waals surface area contributed by atoms with E-state index in [1.165, 1.54) is 7.11 Å². The average molecular weight is 373 g/mol. The normalized spacial score (nSPS) is 16.6. The summed E-state index contributed by atoms with van der Waals surface area (Å²) in [6.45, 7) is 1.12. The average Bonchev–Trinajstić information content (AvgIpc) is 2.73. The molecule has 1 atom stereocenters. The minimum atomic E-state index is -0.180. The summed E-state index contributed by atoms with van der Waals surface area (Å²) in [5.41, 5.74) is 0.518. The van der Waals surface area contributed by atoms with E-state index in [-0.39, 0.29) is 12.0 Å². The molecule has 0 radical (unpaired) electrons. The number of carbonyl (C=O) groups is 1. The zero-order valence-electron chi connectivity index (χ0n) is 15.7. The standard InChI is InChI=1S/C19H23N3O5/c1-24-15-9-13(10-16(11-15)25-2)19(23)22-8-4-5-14(12-22)27-18-17(26-3)20-6-7-21-18/h6-7,9-11,14H,4-5,8,12H2,1-3H3. The second kappa shape index (κ2) is 8.57. The first-order chi connectivity index (χ1) is 13.1. The number of aromatic nitrogens is 2. The van der Waals surface area contributed by atoms with Gasteiger partial charge in [0.15, 0.2) is 0 Å². The topological polar surface area (TPSA) is 83.0 Å². The highest BCUT2D eigenvalue weighted by atomic mass is 16.5. The molecule has 144 valence electrons. The van der Waals surface area contributed by atoms with E-state index in [0.717, 1.165) is 12.8 Å². The number of hydrogen-bond donors (Lipinski definition) is 0. The molecular weight excluding hydrogens is 350 g/mol. The summed E-state index contributed by atoms with van der Waals surface area (Å²) in [4.78, 5) is 23.0. The van der Waals surface area contributed by atoms with Crippen LogP contribution in [0.15, 0.2) is 30.6 Å². The molecule has 8 nitrogen and oxygen atoms in total. The minimum Gasteiger partial charge on any atom is -0.497 e. The predicted molar refractivity (Wildman–Crippen MR) is 97.7 cm³/mol. The first-order valence-corrected chi connectivity index (χ1v) is 8.68. The minimum absolute atomic E-state index is 0.0911. The number of methoxy groups -OCH3 is 3. The zero-order chi connectivity index (χ0) is 19.2. The Morgan fingerprint density at radius 2 is 1.67 bits per heavy atom.